The maximum atomic E-state index is 11.6. The lowest BCUT2D eigenvalue weighted by atomic mass is 10.1. The number of sulfonamides is 1. The van der Waals surface area contributed by atoms with Crippen LogP contribution in [-0.2, 0) is 14.8 Å². The van der Waals surface area contributed by atoms with Gasteiger partial charge in [-0.15, -0.1) is 0 Å². The summed E-state index contributed by atoms with van der Waals surface area (Å²) in [4.78, 5) is 0. The van der Waals surface area contributed by atoms with E-state index in [0.717, 1.165) is 6.42 Å². The minimum absolute atomic E-state index is 0.128. The highest BCUT2D eigenvalue weighted by atomic mass is 32.2. The molecule has 1 rings (SSSR count). The van der Waals surface area contributed by atoms with Gasteiger partial charge in [0.15, 0.2) is 0 Å². The van der Waals surface area contributed by atoms with E-state index in [0.29, 0.717) is 13.2 Å². The van der Waals surface area contributed by atoms with E-state index in [2.05, 4.69) is 4.72 Å². The molecule has 3 N–H and O–H groups in total. The molecule has 0 aromatic heterocycles. The van der Waals surface area contributed by atoms with Crippen molar-refractivity contribution >= 4 is 10.0 Å². The van der Waals surface area contributed by atoms with E-state index >= 15 is 0 Å². The highest BCUT2D eigenvalue weighted by molar-refractivity contribution is 7.89. The summed E-state index contributed by atoms with van der Waals surface area (Å²) in [6, 6.07) is 0. The molecule has 0 aliphatic carbocycles. The molecule has 0 spiro atoms. The van der Waals surface area contributed by atoms with Crippen LogP contribution in [0, 0.1) is 5.92 Å². The fraction of sp³-hybridized carbons (Fsp3) is 1.00. The number of nitrogens with two attached hydrogens (primary N) is 1. The molecule has 6 heteroatoms. The van der Waals surface area contributed by atoms with Crippen LogP contribution in [0.3, 0.4) is 0 Å². The van der Waals surface area contributed by atoms with Gasteiger partial charge >= 0.3 is 0 Å². The molecule has 0 amide bonds. The first-order valence-electron chi connectivity index (χ1n) is 5.12. The Balaban J connectivity index is 2.38. The molecular formula is C9H20N2O3S. The predicted molar refractivity (Wildman–Crippen MR) is 59.0 cm³/mol. The molecule has 5 nitrogen and oxygen atoms in total. The van der Waals surface area contributed by atoms with E-state index in [1.165, 1.54) is 0 Å². The van der Waals surface area contributed by atoms with Gasteiger partial charge in [-0.05, 0) is 26.2 Å². The Hall–Kier alpha value is -0.170. The number of hydrogen-bond donors (Lipinski definition) is 2. The Bertz CT molecular complexity index is 289. The van der Waals surface area contributed by atoms with Gasteiger partial charge in [0.2, 0.25) is 10.0 Å². The standard InChI is InChI=1S/C9H20N2O3S/c1-9(2,10)7-11-15(12,13)6-8-3-4-14-5-8/h8,11H,3-7,10H2,1-2H3. The van der Waals surface area contributed by atoms with Gasteiger partial charge < -0.3 is 10.5 Å². The van der Waals surface area contributed by atoms with Crippen LogP contribution in [0.5, 0.6) is 0 Å². The summed E-state index contributed by atoms with van der Waals surface area (Å²) >= 11 is 0. The number of hydrogen-bond acceptors (Lipinski definition) is 4. The van der Waals surface area contributed by atoms with Crippen molar-refractivity contribution in [1.82, 2.24) is 4.72 Å². The minimum atomic E-state index is -3.21. The first-order valence-corrected chi connectivity index (χ1v) is 6.78. The fourth-order valence-electron chi connectivity index (χ4n) is 1.38. The molecule has 15 heavy (non-hydrogen) atoms. The zero-order chi connectivity index (χ0) is 11.5. The average Bonchev–Trinajstić information content (AvgIpc) is 2.52. The maximum Gasteiger partial charge on any atom is 0.212 e. The van der Waals surface area contributed by atoms with Gasteiger partial charge in [-0.2, -0.15) is 0 Å². The molecule has 1 aliphatic rings. The molecule has 1 aliphatic heterocycles. The van der Waals surface area contributed by atoms with Gasteiger partial charge in [0, 0.05) is 18.7 Å². The minimum Gasteiger partial charge on any atom is -0.381 e. The summed E-state index contributed by atoms with van der Waals surface area (Å²) in [5.74, 6) is 0.270. The Kier molecular flexibility index (Phi) is 4.11. The Morgan fingerprint density at radius 2 is 2.20 bits per heavy atom. The molecule has 1 saturated heterocycles. The summed E-state index contributed by atoms with van der Waals surface area (Å²) in [6.45, 7) is 5.06. The summed E-state index contributed by atoms with van der Waals surface area (Å²) in [5, 5.41) is 0. The van der Waals surface area contributed by atoms with E-state index in [9.17, 15) is 8.42 Å². The van der Waals surface area contributed by atoms with Gasteiger partial charge in [-0.25, -0.2) is 13.1 Å². The van der Waals surface area contributed by atoms with Crippen molar-refractivity contribution in [3.8, 4) is 0 Å². The SMILES string of the molecule is CC(C)(N)CNS(=O)(=O)CC1CCOC1. The topological polar surface area (TPSA) is 81.4 Å². The second-order valence-electron chi connectivity index (χ2n) is 4.82. The lowest BCUT2D eigenvalue weighted by Crippen LogP contribution is -2.46. The third-order valence-corrected chi connectivity index (χ3v) is 3.72. The van der Waals surface area contributed by atoms with Gasteiger partial charge in [-0.1, -0.05) is 0 Å². The maximum absolute atomic E-state index is 11.6. The lowest BCUT2D eigenvalue weighted by Gasteiger charge is -2.19. The number of ether oxygens (including phenoxy) is 1. The van der Waals surface area contributed by atoms with Gasteiger partial charge in [0.05, 0.1) is 12.4 Å². The smallest absolute Gasteiger partial charge is 0.212 e. The van der Waals surface area contributed by atoms with E-state index in [1.807, 2.05) is 0 Å². The van der Waals surface area contributed by atoms with Crippen LogP contribution in [0.1, 0.15) is 20.3 Å². The molecule has 0 aromatic carbocycles. The van der Waals surface area contributed by atoms with E-state index in [1.54, 1.807) is 13.8 Å². The molecular weight excluding hydrogens is 216 g/mol. The first-order chi connectivity index (χ1) is 6.79. The van der Waals surface area contributed by atoms with Crippen LogP contribution >= 0.6 is 0 Å². The fourth-order valence-corrected chi connectivity index (χ4v) is 2.97. The summed E-state index contributed by atoms with van der Waals surface area (Å²) in [5.41, 5.74) is 5.18. The molecule has 1 atom stereocenters. The number of nitrogens with one attached hydrogen (secondary N) is 1. The molecule has 0 bridgehead atoms. The Morgan fingerprint density at radius 3 is 2.67 bits per heavy atom. The highest BCUT2D eigenvalue weighted by Crippen LogP contribution is 2.14. The molecule has 1 heterocycles. The van der Waals surface area contributed by atoms with Crippen molar-refractivity contribution < 1.29 is 13.2 Å². The van der Waals surface area contributed by atoms with Crippen LogP contribution in [0.2, 0.25) is 0 Å². The Morgan fingerprint density at radius 1 is 1.53 bits per heavy atom. The molecule has 90 valence electrons. The van der Waals surface area contributed by atoms with Crippen molar-refractivity contribution in [3.05, 3.63) is 0 Å². The second-order valence-corrected chi connectivity index (χ2v) is 6.67. The van der Waals surface area contributed by atoms with Crippen molar-refractivity contribution in [1.29, 1.82) is 0 Å². The second kappa shape index (κ2) is 4.78. The first kappa shape index (κ1) is 12.9. The van der Waals surface area contributed by atoms with Crippen molar-refractivity contribution in [2.75, 3.05) is 25.5 Å². The normalized spacial score (nSPS) is 23.3. The highest BCUT2D eigenvalue weighted by Gasteiger charge is 2.24. The molecule has 0 aromatic rings. The quantitative estimate of drug-likeness (QED) is 0.685. The van der Waals surface area contributed by atoms with Crippen LogP contribution in [0.15, 0.2) is 0 Å². The summed E-state index contributed by atoms with van der Waals surface area (Å²) < 4.78 is 30.9. The van der Waals surface area contributed by atoms with E-state index < -0.39 is 15.6 Å². The molecule has 1 fully saturated rings. The Labute approximate surface area is 91.4 Å². The van der Waals surface area contributed by atoms with Crippen LogP contribution in [0.25, 0.3) is 0 Å². The van der Waals surface area contributed by atoms with Crippen molar-refractivity contribution in [2.24, 2.45) is 11.7 Å². The zero-order valence-electron chi connectivity index (χ0n) is 9.32. The average molecular weight is 236 g/mol. The number of rotatable bonds is 5. The third-order valence-electron chi connectivity index (χ3n) is 2.23. The van der Waals surface area contributed by atoms with Crippen LogP contribution < -0.4 is 10.5 Å². The predicted octanol–water partition coefficient (Wildman–Crippen LogP) is -0.320. The van der Waals surface area contributed by atoms with E-state index in [4.69, 9.17) is 10.5 Å². The summed E-state index contributed by atoms with van der Waals surface area (Å²) in [6.07, 6.45) is 0.826. The zero-order valence-corrected chi connectivity index (χ0v) is 10.1. The van der Waals surface area contributed by atoms with Crippen LogP contribution in [0.4, 0.5) is 0 Å². The lowest BCUT2D eigenvalue weighted by molar-refractivity contribution is 0.188. The van der Waals surface area contributed by atoms with Crippen LogP contribution in [-0.4, -0.2) is 39.5 Å². The van der Waals surface area contributed by atoms with Crippen molar-refractivity contribution in [3.63, 3.8) is 0 Å². The summed E-state index contributed by atoms with van der Waals surface area (Å²) in [7, 11) is -3.21. The largest absolute Gasteiger partial charge is 0.381 e. The van der Waals surface area contributed by atoms with Gasteiger partial charge in [0.1, 0.15) is 0 Å². The molecule has 1 unspecified atom stereocenters. The molecule has 0 saturated carbocycles. The van der Waals surface area contributed by atoms with E-state index in [-0.39, 0.29) is 18.2 Å². The molecule has 0 radical (unpaired) electrons. The van der Waals surface area contributed by atoms with Crippen molar-refractivity contribution in [2.45, 2.75) is 25.8 Å². The van der Waals surface area contributed by atoms with Gasteiger partial charge in [0.25, 0.3) is 0 Å². The monoisotopic (exact) mass is 236 g/mol. The third kappa shape index (κ3) is 5.46. The van der Waals surface area contributed by atoms with Gasteiger partial charge in [-0.3, -0.25) is 0 Å².